The van der Waals surface area contributed by atoms with Gasteiger partial charge < -0.3 is 23.7 Å². The normalized spacial score (nSPS) is 10.6. The van der Waals surface area contributed by atoms with Crippen LogP contribution < -0.4 is 9.47 Å². The Labute approximate surface area is 177 Å². The van der Waals surface area contributed by atoms with Crippen LogP contribution in [0.2, 0.25) is 0 Å². The van der Waals surface area contributed by atoms with Crippen LogP contribution in [0.3, 0.4) is 0 Å². The molecule has 1 aromatic heterocycles. The Morgan fingerprint density at radius 1 is 0.967 bits per heavy atom. The molecule has 30 heavy (non-hydrogen) atoms. The van der Waals surface area contributed by atoms with E-state index in [1.165, 1.54) is 5.56 Å². The van der Waals surface area contributed by atoms with Gasteiger partial charge >= 0.3 is 0 Å². The highest BCUT2D eigenvalue weighted by atomic mass is 16.5. The third-order valence-electron chi connectivity index (χ3n) is 4.96. The van der Waals surface area contributed by atoms with Gasteiger partial charge in [-0.1, -0.05) is 30.3 Å². The standard InChI is InChI=1S/C24H28N2O4/c1-28-15-14-26(24(27)22-12-11-21(29-2)16-23(22)30-3)18-20-10-7-13-25(20)17-19-8-5-4-6-9-19/h4-13,16H,14-15,17-18H2,1-3H3. The van der Waals surface area contributed by atoms with Crippen molar-refractivity contribution in [3.8, 4) is 11.5 Å². The highest BCUT2D eigenvalue weighted by Gasteiger charge is 2.21. The second kappa shape index (κ2) is 10.5. The van der Waals surface area contributed by atoms with E-state index in [0.29, 0.717) is 36.8 Å². The van der Waals surface area contributed by atoms with Crippen LogP contribution in [-0.4, -0.2) is 49.9 Å². The molecule has 0 fully saturated rings. The van der Waals surface area contributed by atoms with Gasteiger partial charge in [0.2, 0.25) is 0 Å². The molecule has 0 unspecified atom stereocenters. The maximum atomic E-state index is 13.4. The zero-order valence-corrected chi connectivity index (χ0v) is 17.7. The summed E-state index contributed by atoms with van der Waals surface area (Å²) in [6.07, 6.45) is 2.04. The molecule has 3 rings (SSSR count). The summed E-state index contributed by atoms with van der Waals surface area (Å²) in [5.74, 6) is 1.02. The lowest BCUT2D eigenvalue weighted by atomic mass is 10.1. The van der Waals surface area contributed by atoms with Gasteiger partial charge in [-0.25, -0.2) is 0 Å². The fraction of sp³-hybridized carbons (Fsp3) is 0.292. The maximum Gasteiger partial charge on any atom is 0.258 e. The molecule has 0 aliphatic heterocycles. The van der Waals surface area contributed by atoms with E-state index in [-0.39, 0.29) is 5.91 Å². The van der Waals surface area contributed by atoms with Gasteiger partial charge in [-0.3, -0.25) is 4.79 Å². The topological polar surface area (TPSA) is 52.9 Å². The number of nitrogens with zero attached hydrogens (tertiary/aromatic N) is 2. The Kier molecular flexibility index (Phi) is 7.51. The van der Waals surface area contributed by atoms with Gasteiger partial charge in [0.25, 0.3) is 5.91 Å². The van der Waals surface area contributed by atoms with Crippen LogP contribution in [0.1, 0.15) is 21.6 Å². The minimum Gasteiger partial charge on any atom is -0.497 e. The van der Waals surface area contributed by atoms with Crippen molar-refractivity contribution in [2.24, 2.45) is 0 Å². The smallest absolute Gasteiger partial charge is 0.258 e. The number of carbonyl (C=O) groups is 1. The molecule has 0 aliphatic rings. The van der Waals surface area contributed by atoms with E-state index in [2.05, 4.69) is 16.7 Å². The van der Waals surface area contributed by atoms with E-state index >= 15 is 0 Å². The van der Waals surface area contributed by atoms with Crippen LogP contribution in [0.25, 0.3) is 0 Å². The second-order valence-corrected chi connectivity index (χ2v) is 6.90. The molecule has 1 amide bonds. The molecule has 0 aliphatic carbocycles. The number of hydrogen-bond donors (Lipinski definition) is 0. The quantitative estimate of drug-likeness (QED) is 0.511. The lowest BCUT2D eigenvalue weighted by molar-refractivity contribution is 0.0672. The van der Waals surface area contributed by atoms with Gasteiger partial charge in [0.1, 0.15) is 11.5 Å². The Morgan fingerprint density at radius 3 is 2.47 bits per heavy atom. The molecule has 6 nitrogen and oxygen atoms in total. The first kappa shape index (κ1) is 21.5. The fourth-order valence-corrected chi connectivity index (χ4v) is 3.32. The van der Waals surface area contributed by atoms with Crippen LogP contribution in [0.15, 0.2) is 66.9 Å². The van der Waals surface area contributed by atoms with E-state index in [9.17, 15) is 4.79 Å². The van der Waals surface area contributed by atoms with Crippen LogP contribution >= 0.6 is 0 Å². The van der Waals surface area contributed by atoms with Crippen molar-refractivity contribution in [1.82, 2.24) is 9.47 Å². The molecule has 6 heteroatoms. The van der Waals surface area contributed by atoms with Crippen LogP contribution in [0, 0.1) is 0 Å². The molecule has 0 radical (unpaired) electrons. The molecule has 3 aromatic rings. The summed E-state index contributed by atoms with van der Waals surface area (Å²) in [4.78, 5) is 15.1. The number of methoxy groups -OCH3 is 3. The average molecular weight is 408 g/mol. The molecule has 0 saturated heterocycles. The van der Waals surface area contributed by atoms with E-state index in [4.69, 9.17) is 14.2 Å². The molecule has 0 atom stereocenters. The predicted molar refractivity (Wildman–Crippen MR) is 116 cm³/mol. The molecule has 0 N–H and O–H groups in total. The van der Waals surface area contributed by atoms with E-state index in [1.54, 1.807) is 44.4 Å². The highest BCUT2D eigenvalue weighted by molar-refractivity contribution is 5.97. The lowest BCUT2D eigenvalue weighted by Gasteiger charge is -2.24. The SMILES string of the molecule is COCCN(Cc1cccn1Cc1ccccc1)C(=O)c1ccc(OC)cc1OC. The first-order valence-corrected chi connectivity index (χ1v) is 9.84. The second-order valence-electron chi connectivity index (χ2n) is 6.90. The van der Waals surface area contributed by atoms with Crippen LogP contribution in [-0.2, 0) is 17.8 Å². The lowest BCUT2D eigenvalue weighted by Crippen LogP contribution is -2.34. The van der Waals surface area contributed by atoms with Gasteiger partial charge in [0.05, 0.1) is 32.9 Å². The monoisotopic (exact) mass is 408 g/mol. The largest absolute Gasteiger partial charge is 0.497 e. The van der Waals surface area contributed by atoms with Crippen molar-refractivity contribution in [3.63, 3.8) is 0 Å². The Bertz CT molecular complexity index is 953. The highest BCUT2D eigenvalue weighted by Crippen LogP contribution is 2.26. The number of hydrogen-bond acceptors (Lipinski definition) is 4. The van der Waals surface area contributed by atoms with Gasteiger partial charge in [-0.05, 0) is 29.8 Å². The molecule has 2 aromatic carbocycles. The van der Waals surface area contributed by atoms with E-state index in [0.717, 1.165) is 12.2 Å². The summed E-state index contributed by atoms with van der Waals surface area (Å²) < 4.78 is 18.1. The predicted octanol–water partition coefficient (Wildman–Crippen LogP) is 3.84. The average Bonchev–Trinajstić information content (AvgIpc) is 3.22. The number of rotatable bonds is 10. The third kappa shape index (κ3) is 5.21. The van der Waals surface area contributed by atoms with Crippen molar-refractivity contribution in [2.75, 3.05) is 34.5 Å². The molecule has 1 heterocycles. The summed E-state index contributed by atoms with van der Waals surface area (Å²) in [5, 5.41) is 0. The zero-order chi connectivity index (χ0) is 21.3. The van der Waals surface area contributed by atoms with Crippen LogP contribution in [0.4, 0.5) is 0 Å². The molecule has 0 spiro atoms. The maximum absolute atomic E-state index is 13.4. The van der Waals surface area contributed by atoms with E-state index in [1.807, 2.05) is 36.5 Å². The molecular formula is C24H28N2O4. The van der Waals surface area contributed by atoms with Gasteiger partial charge in [-0.15, -0.1) is 0 Å². The number of carbonyl (C=O) groups excluding carboxylic acids is 1. The molecule has 0 bridgehead atoms. The number of ether oxygens (including phenoxy) is 3. The summed E-state index contributed by atoms with van der Waals surface area (Å²) in [6.45, 7) is 2.14. The van der Waals surface area contributed by atoms with Crippen molar-refractivity contribution in [3.05, 3.63) is 83.7 Å². The summed E-state index contributed by atoms with van der Waals surface area (Å²) in [7, 11) is 4.77. The van der Waals surface area contributed by atoms with Gasteiger partial charge in [0, 0.05) is 38.2 Å². The Morgan fingerprint density at radius 2 is 1.77 bits per heavy atom. The molecule has 0 saturated carbocycles. The van der Waals surface area contributed by atoms with Crippen molar-refractivity contribution in [1.29, 1.82) is 0 Å². The number of benzene rings is 2. The summed E-state index contributed by atoms with van der Waals surface area (Å²) >= 11 is 0. The Hall–Kier alpha value is -3.25. The Balaban J connectivity index is 1.84. The number of aromatic nitrogens is 1. The zero-order valence-electron chi connectivity index (χ0n) is 17.7. The fourth-order valence-electron chi connectivity index (χ4n) is 3.32. The van der Waals surface area contributed by atoms with Gasteiger partial charge in [0.15, 0.2) is 0 Å². The first-order chi connectivity index (χ1) is 14.7. The number of amides is 1. The molecule has 158 valence electrons. The van der Waals surface area contributed by atoms with Crippen LogP contribution in [0.5, 0.6) is 11.5 Å². The minimum atomic E-state index is -0.112. The van der Waals surface area contributed by atoms with Crippen molar-refractivity contribution >= 4 is 5.91 Å². The first-order valence-electron chi connectivity index (χ1n) is 9.84. The third-order valence-corrected chi connectivity index (χ3v) is 4.96. The summed E-state index contributed by atoms with van der Waals surface area (Å²) in [5.41, 5.74) is 2.76. The summed E-state index contributed by atoms with van der Waals surface area (Å²) in [6, 6.07) is 19.5. The minimum absolute atomic E-state index is 0.112. The van der Waals surface area contributed by atoms with Crippen molar-refractivity contribution in [2.45, 2.75) is 13.1 Å². The van der Waals surface area contributed by atoms with Gasteiger partial charge in [-0.2, -0.15) is 0 Å². The van der Waals surface area contributed by atoms with E-state index < -0.39 is 0 Å². The van der Waals surface area contributed by atoms with Crippen molar-refractivity contribution < 1.29 is 19.0 Å². The molecular weight excluding hydrogens is 380 g/mol.